The van der Waals surface area contributed by atoms with E-state index < -0.39 is 29.5 Å². The summed E-state index contributed by atoms with van der Waals surface area (Å²) < 4.78 is 37.5. The maximum Gasteiger partial charge on any atom is 0.252 e. The molecule has 9 heteroatoms. The minimum Gasteiger partial charge on any atom is -0.486 e. The van der Waals surface area contributed by atoms with Crippen molar-refractivity contribution in [1.29, 1.82) is 0 Å². The second-order valence-electron chi connectivity index (χ2n) is 5.68. The average Bonchev–Trinajstić information content (AvgIpc) is 2.67. The van der Waals surface area contributed by atoms with Gasteiger partial charge in [0.2, 0.25) is 5.91 Å². The van der Waals surface area contributed by atoms with Gasteiger partial charge < -0.3 is 20.1 Å². The quantitative estimate of drug-likeness (QED) is 0.833. The Hall–Kier alpha value is -2.87. The fourth-order valence-corrected chi connectivity index (χ4v) is 2.86. The number of nitrogens with one attached hydrogen (secondary N) is 2. The SMILES string of the molecule is CNC(=O)C(NC(=O)c1cc(Cl)c2c(c1)OCCO2)c1ccc(F)c(F)c1. The normalized spacial score (nSPS) is 13.6. The predicted molar refractivity (Wildman–Crippen MR) is 93.1 cm³/mol. The van der Waals surface area contributed by atoms with Crippen LogP contribution in [0.15, 0.2) is 30.3 Å². The monoisotopic (exact) mass is 396 g/mol. The number of likely N-dealkylation sites (N-methyl/N-ethyl adjacent to an activating group) is 1. The van der Waals surface area contributed by atoms with E-state index >= 15 is 0 Å². The van der Waals surface area contributed by atoms with Gasteiger partial charge in [0.1, 0.15) is 19.3 Å². The second kappa shape index (κ2) is 7.79. The molecule has 0 spiro atoms. The lowest BCUT2D eigenvalue weighted by Gasteiger charge is -2.21. The summed E-state index contributed by atoms with van der Waals surface area (Å²) in [5.41, 5.74) is 0.214. The van der Waals surface area contributed by atoms with Gasteiger partial charge in [0, 0.05) is 12.6 Å². The minimum atomic E-state index is -1.23. The van der Waals surface area contributed by atoms with Crippen molar-refractivity contribution < 1.29 is 27.8 Å². The van der Waals surface area contributed by atoms with Gasteiger partial charge in [-0.15, -0.1) is 0 Å². The van der Waals surface area contributed by atoms with Crippen LogP contribution < -0.4 is 20.1 Å². The molecule has 1 heterocycles. The van der Waals surface area contributed by atoms with Crippen molar-refractivity contribution in [3.8, 4) is 11.5 Å². The lowest BCUT2D eigenvalue weighted by molar-refractivity contribution is -0.122. The second-order valence-corrected chi connectivity index (χ2v) is 6.08. The van der Waals surface area contributed by atoms with Crippen molar-refractivity contribution >= 4 is 23.4 Å². The van der Waals surface area contributed by atoms with Gasteiger partial charge >= 0.3 is 0 Å². The molecule has 2 aromatic rings. The van der Waals surface area contributed by atoms with E-state index in [-0.39, 0.29) is 16.1 Å². The number of ether oxygens (including phenoxy) is 2. The number of hydrogen-bond acceptors (Lipinski definition) is 4. The molecule has 1 atom stereocenters. The Morgan fingerprint density at radius 3 is 2.56 bits per heavy atom. The molecule has 27 heavy (non-hydrogen) atoms. The van der Waals surface area contributed by atoms with Gasteiger partial charge in [-0.25, -0.2) is 8.78 Å². The Labute approximate surface area is 158 Å². The summed E-state index contributed by atoms with van der Waals surface area (Å²) in [5.74, 6) is -2.78. The lowest BCUT2D eigenvalue weighted by atomic mass is 10.0. The Bertz CT molecular complexity index is 907. The fourth-order valence-electron chi connectivity index (χ4n) is 2.59. The minimum absolute atomic E-state index is 0.0882. The Kier molecular flexibility index (Phi) is 5.46. The Morgan fingerprint density at radius 1 is 1.11 bits per heavy atom. The molecular formula is C18H15ClF2N2O4. The maximum absolute atomic E-state index is 13.5. The summed E-state index contributed by atoms with van der Waals surface area (Å²) in [5, 5.41) is 5.04. The first-order chi connectivity index (χ1) is 12.9. The molecule has 0 aromatic heterocycles. The number of carbonyl (C=O) groups excluding carboxylic acids is 2. The molecule has 1 unspecified atom stereocenters. The number of hydrogen-bond donors (Lipinski definition) is 2. The molecule has 0 radical (unpaired) electrons. The van der Waals surface area contributed by atoms with Crippen molar-refractivity contribution in [2.75, 3.05) is 20.3 Å². The van der Waals surface area contributed by atoms with Gasteiger partial charge in [0.05, 0.1) is 5.02 Å². The third-order valence-electron chi connectivity index (χ3n) is 3.92. The van der Waals surface area contributed by atoms with E-state index in [0.29, 0.717) is 24.7 Å². The standard InChI is InChI=1S/C18H15ClF2N2O4/c1-22-18(25)15(9-2-3-12(20)13(21)7-9)23-17(24)10-6-11(19)16-14(8-10)26-4-5-27-16/h2-3,6-8,15H,4-5H2,1H3,(H,22,25)(H,23,24). The van der Waals surface area contributed by atoms with Crippen LogP contribution >= 0.6 is 11.6 Å². The van der Waals surface area contributed by atoms with Gasteiger partial charge in [-0.3, -0.25) is 9.59 Å². The molecule has 0 saturated carbocycles. The van der Waals surface area contributed by atoms with Gasteiger partial charge in [0.25, 0.3) is 5.91 Å². The molecule has 142 valence electrons. The summed E-state index contributed by atoms with van der Waals surface area (Å²) in [6.45, 7) is 0.650. The third kappa shape index (κ3) is 3.95. The number of halogens is 3. The van der Waals surface area contributed by atoms with Crippen LogP contribution in [0.1, 0.15) is 22.0 Å². The van der Waals surface area contributed by atoms with Crippen molar-refractivity contribution in [1.82, 2.24) is 10.6 Å². The molecule has 2 amide bonds. The molecular weight excluding hydrogens is 382 g/mol. The lowest BCUT2D eigenvalue weighted by Crippen LogP contribution is -2.39. The highest BCUT2D eigenvalue weighted by Gasteiger charge is 2.25. The zero-order valence-electron chi connectivity index (χ0n) is 14.1. The Morgan fingerprint density at radius 2 is 1.85 bits per heavy atom. The van der Waals surface area contributed by atoms with Gasteiger partial charge in [-0.05, 0) is 29.8 Å². The van der Waals surface area contributed by atoms with Crippen LogP contribution in [0, 0.1) is 11.6 Å². The average molecular weight is 397 g/mol. The van der Waals surface area contributed by atoms with Gasteiger partial charge in [-0.1, -0.05) is 17.7 Å². The van der Waals surface area contributed by atoms with E-state index in [9.17, 15) is 18.4 Å². The molecule has 1 aliphatic heterocycles. The molecule has 0 fully saturated rings. The summed E-state index contributed by atoms with van der Waals surface area (Å²) in [7, 11) is 1.36. The molecule has 0 saturated heterocycles. The zero-order valence-corrected chi connectivity index (χ0v) is 14.9. The van der Waals surface area contributed by atoms with E-state index in [2.05, 4.69) is 10.6 Å². The topological polar surface area (TPSA) is 76.7 Å². The summed E-state index contributed by atoms with van der Waals surface area (Å²) in [6.07, 6.45) is 0. The molecule has 3 rings (SSSR count). The van der Waals surface area contributed by atoms with Gasteiger partial charge in [-0.2, -0.15) is 0 Å². The first-order valence-electron chi connectivity index (χ1n) is 7.97. The van der Waals surface area contributed by atoms with Crippen molar-refractivity contribution in [3.05, 3.63) is 58.1 Å². The van der Waals surface area contributed by atoms with E-state index in [1.807, 2.05) is 0 Å². The van der Waals surface area contributed by atoms with E-state index in [4.69, 9.17) is 21.1 Å². The summed E-state index contributed by atoms with van der Waals surface area (Å²) in [4.78, 5) is 24.8. The predicted octanol–water partition coefficient (Wildman–Crippen LogP) is 2.61. The smallest absolute Gasteiger partial charge is 0.252 e. The molecule has 2 aromatic carbocycles. The van der Waals surface area contributed by atoms with Crippen LogP contribution in [0.2, 0.25) is 5.02 Å². The van der Waals surface area contributed by atoms with Crippen molar-refractivity contribution in [2.45, 2.75) is 6.04 Å². The molecule has 6 nitrogen and oxygen atoms in total. The first-order valence-corrected chi connectivity index (χ1v) is 8.35. The van der Waals surface area contributed by atoms with Crippen molar-refractivity contribution in [2.24, 2.45) is 0 Å². The number of carbonyl (C=O) groups is 2. The summed E-state index contributed by atoms with van der Waals surface area (Å²) >= 11 is 6.12. The first kappa shape index (κ1) is 18.9. The Balaban J connectivity index is 1.90. The zero-order chi connectivity index (χ0) is 19.6. The van der Waals surface area contributed by atoms with Crippen LogP contribution in [-0.2, 0) is 4.79 Å². The number of rotatable bonds is 4. The highest BCUT2D eigenvalue weighted by molar-refractivity contribution is 6.32. The number of amides is 2. The van der Waals surface area contributed by atoms with Crippen molar-refractivity contribution in [3.63, 3.8) is 0 Å². The molecule has 0 aliphatic carbocycles. The molecule has 0 bridgehead atoms. The third-order valence-corrected chi connectivity index (χ3v) is 4.20. The van der Waals surface area contributed by atoms with E-state index in [0.717, 1.165) is 12.1 Å². The van der Waals surface area contributed by atoms with Gasteiger partial charge in [0.15, 0.2) is 23.1 Å². The number of benzene rings is 2. The van der Waals surface area contributed by atoms with Crippen LogP contribution in [-0.4, -0.2) is 32.1 Å². The highest BCUT2D eigenvalue weighted by Crippen LogP contribution is 2.38. The van der Waals surface area contributed by atoms with Crippen LogP contribution in [0.25, 0.3) is 0 Å². The fraction of sp³-hybridized carbons (Fsp3) is 0.222. The van der Waals surface area contributed by atoms with E-state index in [1.54, 1.807) is 0 Å². The largest absolute Gasteiger partial charge is 0.486 e. The molecule has 2 N–H and O–H groups in total. The van der Waals surface area contributed by atoms with E-state index in [1.165, 1.54) is 25.2 Å². The maximum atomic E-state index is 13.5. The van der Waals surface area contributed by atoms with Crippen LogP contribution in [0.3, 0.4) is 0 Å². The summed E-state index contributed by atoms with van der Waals surface area (Å²) in [6, 6.07) is 4.53. The van der Waals surface area contributed by atoms with Crippen LogP contribution in [0.5, 0.6) is 11.5 Å². The number of fused-ring (bicyclic) bond motifs is 1. The molecule has 1 aliphatic rings. The highest BCUT2D eigenvalue weighted by atomic mass is 35.5. The van der Waals surface area contributed by atoms with Crippen LogP contribution in [0.4, 0.5) is 8.78 Å².